The molecule has 2 aromatic heterocycles. The molecule has 0 radical (unpaired) electrons. The number of esters is 1. The van der Waals surface area contributed by atoms with Crippen LogP contribution in [0.15, 0.2) is 29.2 Å². The summed E-state index contributed by atoms with van der Waals surface area (Å²) in [5, 5.41) is 8.89. The molecule has 0 fully saturated rings. The van der Waals surface area contributed by atoms with Crippen LogP contribution in [-0.2, 0) is 4.74 Å². The zero-order valence-corrected chi connectivity index (χ0v) is 8.88. The van der Waals surface area contributed by atoms with Gasteiger partial charge in [0.1, 0.15) is 11.7 Å². The number of hydrogen-bond acceptors (Lipinski definition) is 5. The van der Waals surface area contributed by atoms with E-state index < -0.39 is 11.5 Å². The van der Waals surface area contributed by atoms with Gasteiger partial charge in [0, 0.05) is 6.20 Å². The molecule has 17 heavy (non-hydrogen) atoms. The summed E-state index contributed by atoms with van der Waals surface area (Å²) >= 11 is 0. The number of methoxy groups -OCH3 is 1. The molecular weight excluding hydrogens is 222 g/mol. The molecular formula is C11H7N3O3. The van der Waals surface area contributed by atoms with Crippen molar-refractivity contribution in [1.82, 2.24) is 9.38 Å². The molecule has 0 N–H and O–H groups in total. The lowest BCUT2D eigenvalue weighted by molar-refractivity contribution is 0.0593. The molecule has 2 aromatic rings. The van der Waals surface area contributed by atoms with Gasteiger partial charge < -0.3 is 4.74 Å². The Morgan fingerprint density at radius 1 is 1.53 bits per heavy atom. The van der Waals surface area contributed by atoms with Crippen molar-refractivity contribution in [3.8, 4) is 6.07 Å². The Labute approximate surface area is 95.7 Å². The van der Waals surface area contributed by atoms with Crippen LogP contribution in [0.1, 0.15) is 16.1 Å². The zero-order chi connectivity index (χ0) is 12.4. The lowest BCUT2D eigenvalue weighted by atomic mass is 10.2. The fourth-order valence-corrected chi connectivity index (χ4v) is 1.43. The molecule has 0 aliphatic rings. The number of fused-ring (bicyclic) bond motifs is 1. The van der Waals surface area contributed by atoms with Gasteiger partial charge in [0.05, 0.1) is 7.11 Å². The van der Waals surface area contributed by atoms with Gasteiger partial charge in [-0.2, -0.15) is 5.26 Å². The van der Waals surface area contributed by atoms with Gasteiger partial charge in [0.15, 0.2) is 11.3 Å². The minimum Gasteiger partial charge on any atom is -0.464 e. The normalized spacial score (nSPS) is 9.88. The molecule has 0 aliphatic carbocycles. The SMILES string of the molecule is COC(=O)c1nc2ccccn2c(=O)c1C#N. The highest BCUT2D eigenvalue weighted by Gasteiger charge is 2.18. The van der Waals surface area contributed by atoms with E-state index >= 15 is 0 Å². The van der Waals surface area contributed by atoms with E-state index in [9.17, 15) is 9.59 Å². The van der Waals surface area contributed by atoms with E-state index in [-0.39, 0.29) is 16.9 Å². The molecule has 0 aromatic carbocycles. The van der Waals surface area contributed by atoms with Crippen LogP contribution in [-0.4, -0.2) is 22.5 Å². The Hall–Kier alpha value is -2.68. The number of rotatable bonds is 1. The average molecular weight is 229 g/mol. The van der Waals surface area contributed by atoms with Crippen molar-refractivity contribution in [1.29, 1.82) is 5.26 Å². The van der Waals surface area contributed by atoms with Crippen LogP contribution >= 0.6 is 0 Å². The maximum Gasteiger partial charge on any atom is 0.358 e. The minimum absolute atomic E-state index is 0.258. The molecule has 0 atom stereocenters. The molecule has 6 nitrogen and oxygen atoms in total. The fraction of sp³-hybridized carbons (Fsp3) is 0.0909. The van der Waals surface area contributed by atoms with Gasteiger partial charge in [-0.25, -0.2) is 9.78 Å². The van der Waals surface area contributed by atoms with E-state index in [1.165, 1.54) is 10.6 Å². The first kappa shape index (κ1) is 10.8. The second kappa shape index (κ2) is 4.06. The van der Waals surface area contributed by atoms with Gasteiger partial charge in [-0.15, -0.1) is 0 Å². The standard InChI is InChI=1S/C11H7N3O3/c1-17-11(16)9-7(6-12)10(15)14-5-3-2-4-8(14)13-9/h2-5H,1H3. The third-order valence-electron chi connectivity index (χ3n) is 2.22. The number of nitrogens with zero attached hydrogens (tertiary/aromatic N) is 3. The van der Waals surface area contributed by atoms with Gasteiger partial charge in [-0.05, 0) is 12.1 Å². The Kier molecular flexibility index (Phi) is 2.58. The third kappa shape index (κ3) is 1.63. The number of ether oxygens (including phenoxy) is 1. The van der Waals surface area contributed by atoms with Gasteiger partial charge >= 0.3 is 5.97 Å². The predicted molar refractivity (Wildman–Crippen MR) is 57.5 cm³/mol. The molecule has 2 rings (SSSR count). The number of nitriles is 1. The highest BCUT2D eigenvalue weighted by atomic mass is 16.5. The summed E-state index contributed by atoms with van der Waals surface area (Å²) < 4.78 is 5.68. The zero-order valence-electron chi connectivity index (χ0n) is 8.88. The predicted octanol–water partition coefficient (Wildman–Crippen LogP) is 0.353. The molecule has 6 heteroatoms. The van der Waals surface area contributed by atoms with Gasteiger partial charge in [-0.3, -0.25) is 9.20 Å². The molecule has 0 spiro atoms. The molecule has 0 unspecified atom stereocenters. The summed E-state index contributed by atoms with van der Waals surface area (Å²) in [7, 11) is 1.16. The van der Waals surface area contributed by atoms with E-state index in [2.05, 4.69) is 9.72 Å². The number of aromatic nitrogens is 2. The first-order valence-electron chi connectivity index (χ1n) is 4.69. The van der Waals surface area contributed by atoms with Crippen LogP contribution in [0.5, 0.6) is 0 Å². The van der Waals surface area contributed by atoms with Crippen LogP contribution in [0, 0.1) is 11.3 Å². The third-order valence-corrected chi connectivity index (χ3v) is 2.22. The van der Waals surface area contributed by atoms with Crippen LogP contribution in [0.4, 0.5) is 0 Å². The molecule has 0 amide bonds. The van der Waals surface area contributed by atoms with Crippen molar-refractivity contribution in [2.75, 3.05) is 7.11 Å². The van der Waals surface area contributed by atoms with Gasteiger partial charge in [0.25, 0.3) is 5.56 Å². The van der Waals surface area contributed by atoms with Crippen LogP contribution < -0.4 is 5.56 Å². The van der Waals surface area contributed by atoms with Crippen molar-refractivity contribution in [3.63, 3.8) is 0 Å². The lowest BCUT2D eigenvalue weighted by Gasteiger charge is -2.04. The Balaban J connectivity index is 2.91. The maximum absolute atomic E-state index is 11.9. The van der Waals surface area contributed by atoms with Crippen LogP contribution in [0.25, 0.3) is 5.65 Å². The summed E-state index contributed by atoms with van der Waals surface area (Å²) in [4.78, 5) is 27.2. The second-order valence-electron chi connectivity index (χ2n) is 3.17. The average Bonchev–Trinajstić information content (AvgIpc) is 2.37. The Morgan fingerprint density at radius 2 is 2.29 bits per heavy atom. The fourth-order valence-electron chi connectivity index (χ4n) is 1.43. The van der Waals surface area contributed by atoms with E-state index in [1.807, 2.05) is 0 Å². The summed E-state index contributed by atoms with van der Waals surface area (Å²) in [5.41, 5.74) is -0.873. The number of carbonyl (C=O) groups is 1. The van der Waals surface area contributed by atoms with Crippen molar-refractivity contribution in [2.45, 2.75) is 0 Å². The topological polar surface area (TPSA) is 84.5 Å². The van der Waals surface area contributed by atoms with Gasteiger partial charge in [0.2, 0.25) is 0 Å². The highest BCUT2D eigenvalue weighted by molar-refractivity contribution is 5.90. The maximum atomic E-state index is 11.9. The molecule has 0 saturated carbocycles. The summed E-state index contributed by atoms with van der Waals surface area (Å²) in [6.07, 6.45) is 1.48. The molecule has 0 bridgehead atoms. The van der Waals surface area contributed by atoms with Crippen molar-refractivity contribution in [3.05, 3.63) is 46.0 Å². The monoisotopic (exact) mass is 229 g/mol. The Bertz CT molecular complexity index is 697. The summed E-state index contributed by atoms with van der Waals surface area (Å²) in [6, 6.07) is 6.55. The van der Waals surface area contributed by atoms with E-state index in [0.717, 1.165) is 7.11 Å². The van der Waals surface area contributed by atoms with Crippen LogP contribution in [0.2, 0.25) is 0 Å². The second-order valence-corrected chi connectivity index (χ2v) is 3.17. The van der Waals surface area contributed by atoms with E-state index in [4.69, 9.17) is 5.26 Å². The first-order valence-corrected chi connectivity index (χ1v) is 4.69. The number of hydrogen-bond donors (Lipinski definition) is 0. The van der Waals surface area contributed by atoms with Crippen LogP contribution in [0.3, 0.4) is 0 Å². The molecule has 2 heterocycles. The largest absolute Gasteiger partial charge is 0.464 e. The van der Waals surface area contributed by atoms with E-state index in [1.54, 1.807) is 24.3 Å². The number of carbonyl (C=O) groups excluding carboxylic acids is 1. The van der Waals surface area contributed by atoms with Gasteiger partial charge in [-0.1, -0.05) is 6.07 Å². The number of pyridine rings is 1. The quantitative estimate of drug-likeness (QED) is 0.659. The van der Waals surface area contributed by atoms with Crippen molar-refractivity contribution >= 4 is 11.6 Å². The summed E-state index contributed by atoms with van der Waals surface area (Å²) in [5.74, 6) is -0.801. The Morgan fingerprint density at radius 3 is 2.94 bits per heavy atom. The molecule has 84 valence electrons. The van der Waals surface area contributed by atoms with Crippen molar-refractivity contribution < 1.29 is 9.53 Å². The summed E-state index contributed by atoms with van der Waals surface area (Å²) in [6.45, 7) is 0. The van der Waals surface area contributed by atoms with Crippen molar-refractivity contribution in [2.24, 2.45) is 0 Å². The molecule has 0 aliphatic heterocycles. The smallest absolute Gasteiger partial charge is 0.358 e. The minimum atomic E-state index is -0.801. The highest BCUT2D eigenvalue weighted by Crippen LogP contribution is 2.05. The first-order chi connectivity index (χ1) is 8.19. The molecule has 0 saturated heterocycles. The van der Waals surface area contributed by atoms with E-state index in [0.29, 0.717) is 0 Å². The lowest BCUT2D eigenvalue weighted by Crippen LogP contribution is -2.23.